The molecule has 0 amide bonds. The Morgan fingerprint density at radius 1 is 0.914 bits per heavy atom. The van der Waals surface area contributed by atoms with E-state index < -0.39 is 0 Å². The Labute approximate surface area is 207 Å². The number of para-hydroxylation sites is 3. The Morgan fingerprint density at radius 2 is 1.66 bits per heavy atom. The minimum atomic E-state index is -0.289. The average Bonchev–Trinajstić information content (AvgIpc) is 3.06. The number of hydrogen-bond donors (Lipinski definition) is 2. The Hall–Kier alpha value is -3.73. The number of unbranched alkanes of at least 4 members (excludes halogenated alkanes) is 1. The fourth-order valence-corrected chi connectivity index (χ4v) is 5.01. The maximum atomic E-state index is 13.8. The Bertz CT molecular complexity index is 1230. The van der Waals surface area contributed by atoms with E-state index in [1.54, 1.807) is 7.11 Å². The summed E-state index contributed by atoms with van der Waals surface area (Å²) in [5, 5.41) is 7.28. The molecule has 0 radical (unpaired) electrons. The molecule has 2 N–H and O–H groups in total. The molecule has 180 valence electrons. The summed E-state index contributed by atoms with van der Waals surface area (Å²) in [5.74, 6) is 1.92. The molecule has 0 bridgehead atoms. The van der Waals surface area contributed by atoms with Crippen LogP contribution >= 0.6 is 0 Å². The third-order valence-corrected chi connectivity index (χ3v) is 6.88. The van der Waals surface area contributed by atoms with Crippen molar-refractivity contribution in [2.45, 2.75) is 44.6 Å². The molecule has 0 saturated heterocycles. The number of methoxy groups -OCH3 is 1. The van der Waals surface area contributed by atoms with Crippen LogP contribution in [-0.4, -0.2) is 19.5 Å². The van der Waals surface area contributed by atoms with Crippen LogP contribution in [0, 0.1) is 0 Å². The van der Waals surface area contributed by atoms with Crippen LogP contribution in [0.5, 0.6) is 11.5 Å². The lowest BCUT2D eigenvalue weighted by Gasteiger charge is -2.30. The molecule has 2 aliphatic rings. The lowest BCUT2D eigenvalue weighted by Crippen LogP contribution is -2.27. The summed E-state index contributed by atoms with van der Waals surface area (Å²) in [6.45, 7) is 2.82. The monoisotopic (exact) mass is 468 g/mol. The van der Waals surface area contributed by atoms with Gasteiger partial charge in [0.15, 0.2) is 5.78 Å². The molecule has 0 saturated carbocycles. The second-order valence-electron chi connectivity index (χ2n) is 9.18. The van der Waals surface area contributed by atoms with Crippen LogP contribution in [0.3, 0.4) is 0 Å². The predicted octanol–water partition coefficient (Wildman–Crippen LogP) is 6.85. The van der Waals surface area contributed by atoms with Gasteiger partial charge in [-0.1, -0.05) is 55.8 Å². The van der Waals surface area contributed by atoms with E-state index in [-0.39, 0.29) is 17.7 Å². The molecular weight excluding hydrogens is 436 g/mol. The number of fused-ring (bicyclic) bond motifs is 1. The van der Waals surface area contributed by atoms with Gasteiger partial charge in [0.05, 0.1) is 31.1 Å². The maximum Gasteiger partial charge on any atom is 0.163 e. The van der Waals surface area contributed by atoms with Crippen molar-refractivity contribution in [2.75, 3.05) is 24.4 Å². The first-order valence-corrected chi connectivity index (χ1v) is 12.4. The molecule has 1 heterocycles. The first-order chi connectivity index (χ1) is 17.2. The van der Waals surface area contributed by atoms with Crippen molar-refractivity contribution in [1.29, 1.82) is 0 Å². The zero-order valence-corrected chi connectivity index (χ0v) is 20.3. The van der Waals surface area contributed by atoms with Crippen LogP contribution in [0.2, 0.25) is 0 Å². The van der Waals surface area contributed by atoms with Crippen LogP contribution in [0.1, 0.15) is 55.7 Å². The number of rotatable bonds is 7. The van der Waals surface area contributed by atoms with Crippen LogP contribution < -0.4 is 20.1 Å². The molecule has 0 spiro atoms. The van der Waals surface area contributed by atoms with Crippen molar-refractivity contribution in [2.24, 2.45) is 0 Å². The highest BCUT2D eigenvalue weighted by Gasteiger charge is 2.37. The highest BCUT2D eigenvalue weighted by atomic mass is 16.5. The van der Waals surface area contributed by atoms with Gasteiger partial charge in [0.2, 0.25) is 0 Å². The molecule has 5 rings (SSSR count). The predicted molar refractivity (Wildman–Crippen MR) is 140 cm³/mol. The minimum absolute atomic E-state index is 0.113. The number of allylic oxidation sites excluding steroid dienone is 1. The smallest absolute Gasteiger partial charge is 0.163 e. The zero-order chi connectivity index (χ0) is 24.2. The molecule has 0 unspecified atom stereocenters. The van der Waals surface area contributed by atoms with Gasteiger partial charge in [0, 0.05) is 23.3 Å². The molecule has 2 atom stereocenters. The molecule has 5 heteroatoms. The van der Waals surface area contributed by atoms with Crippen molar-refractivity contribution in [3.8, 4) is 11.5 Å². The Morgan fingerprint density at radius 3 is 2.43 bits per heavy atom. The highest BCUT2D eigenvalue weighted by Crippen LogP contribution is 2.45. The van der Waals surface area contributed by atoms with Crippen molar-refractivity contribution < 1.29 is 14.3 Å². The molecule has 1 aliphatic carbocycles. The maximum absolute atomic E-state index is 13.8. The van der Waals surface area contributed by atoms with Gasteiger partial charge in [0.25, 0.3) is 0 Å². The minimum Gasteiger partial charge on any atom is -0.497 e. The van der Waals surface area contributed by atoms with E-state index in [1.165, 1.54) is 0 Å². The standard InChI is InChI=1S/C30H32N2O3/c1-3-4-17-35-28-12-8-5-9-23(28)30-29-26(31-24-10-6-7-11-25(24)32-30)18-21(19-27(29)33)20-13-15-22(34-2)16-14-20/h5-16,21,30-32H,3-4,17-19H2,1-2H3/t21-,30-/m0/s1. The number of Topliss-reactive ketones (excluding diaryl/α,β-unsaturated/α-hetero) is 1. The highest BCUT2D eigenvalue weighted by molar-refractivity contribution is 6.01. The molecule has 0 aromatic heterocycles. The fourth-order valence-electron chi connectivity index (χ4n) is 5.01. The second-order valence-corrected chi connectivity index (χ2v) is 9.18. The molecule has 3 aromatic rings. The number of carbonyl (C=O) groups excluding carboxylic acids is 1. The molecule has 1 aliphatic heterocycles. The second kappa shape index (κ2) is 10.3. The van der Waals surface area contributed by atoms with Crippen LogP contribution in [0.4, 0.5) is 11.4 Å². The molecule has 35 heavy (non-hydrogen) atoms. The summed E-state index contributed by atoms with van der Waals surface area (Å²) in [7, 11) is 1.67. The van der Waals surface area contributed by atoms with Crippen molar-refractivity contribution in [3.63, 3.8) is 0 Å². The van der Waals surface area contributed by atoms with E-state index in [0.717, 1.165) is 64.5 Å². The number of nitrogens with one attached hydrogen (secondary N) is 2. The fraction of sp³-hybridized carbons (Fsp3) is 0.300. The lowest BCUT2D eigenvalue weighted by atomic mass is 9.78. The summed E-state index contributed by atoms with van der Waals surface area (Å²) >= 11 is 0. The first kappa shape index (κ1) is 23.0. The van der Waals surface area contributed by atoms with Gasteiger partial charge >= 0.3 is 0 Å². The van der Waals surface area contributed by atoms with E-state index in [1.807, 2.05) is 42.5 Å². The Balaban J connectivity index is 1.56. The van der Waals surface area contributed by atoms with Crippen molar-refractivity contribution >= 4 is 17.2 Å². The van der Waals surface area contributed by atoms with Crippen molar-refractivity contribution in [3.05, 3.63) is 95.2 Å². The number of anilines is 2. The molecular formula is C30H32N2O3. The summed E-state index contributed by atoms with van der Waals surface area (Å²) < 4.78 is 11.5. The summed E-state index contributed by atoms with van der Waals surface area (Å²) in [4.78, 5) is 13.8. The van der Waals surface area contributed by atoms with Gasteiger partial charge in [-0.05, 0) is 54.7 Å². The number of carbonyl (C=O) groups is 1. The molecule has 0 fully saturated rings. The number of ether oxygens (including phenoxy) is 2. The van der Waals surface area contributed by atoms with Crippen LogP contribution in [0.25, 0.3) is 0 Å². The largest absolute Gasteiger partial charge is 0.497 e. The van der Waals surface area contributed by atoms with E-state index >= 15 is 0 Å². The lowest BCUT2D eigenvalue weighted by molar-refractivity contribution is -0.116. The van der Waals surface area contributed by atoms with E-state index in [2.05, 4.69) is 47.9 Å². The van der Waals surface area contributed by atoms with Gasteiger partial charge in [-0.2, -0.15) is 0 Å². The third kappa shape index (κ3) is 4.76. The van der Waals surface area contributed by atoms with Gasteiger partial charge in [-0.25, -0.2) is 0 Å². The zero-order valence-electron chi connectivity index (χ0n) is 20.3. The number of hydrogen-bond acceptors (Lipinski definition) is 5. The van der Waals surface area contributed by atoms with E-state index in [4.69, 9.17) is 9.47 Å². The third-order valence-electron chi connectivity index (χ3n) is 6.88. The first-order valence-electron chi connectivity index (χ1n) is 12.4. The van der Waals surface area contributed by atoms with Gasteiger partial charge < -0.3 is 20.1 Å². The number of ketones is 1. The quantitative estimate of drug-likeness (QED) is 0.371. The Kier molecular flexibility index (Phi) is 6.75. The summed E-state index contributed by atoms with van der Waals surface area (Å²) in [6.07, 6.45) is 3.30. The van der Waals surface area contributed by atoms with Gasteiger partial charge in [-0.3, -0.25) is 4.79 Å². The van der Waals surface area contributed by atoms with Gasteiger partial charge in [-0.15, -0.1) is 0 Å². The van der Waals surface area contributed by atoms with E-state index in [9.17, 15) is 4.79 Å². The number of benzene rings is 3. The summed E-state index contributed by atoms with van der Waals surface area (Å²) in [6, 6.07) is 24.0. The topological polar surface area (TPSA) is 59.6 Å². The van der Waals surface area contributed by atoms with Crippen LogP contribution in [-0.2, 0) is 4.79 Å². The normalized spacial score (nSPS) is 19.1. The molecule has 3 aromatic carbocycles. The SMILES string of the molecule is CCCCOc1ccccc1[C@@H]1Nc2ccccc2NC2=C1C(=O)C[C@@H](c1ccc(OC)cc1)C2. The van der Waals surface area contributed by atoms with Crippen molar-refractivity contribution in [1.82, 2.24) is 0 Å². The summed E-state index contributed by atoms with van der Waals surface area (Å²) in [5.41, 5.74) is 5.88. The van der Waals surface area contributed by atoms with E-state index in [0.29, 0.717) is 13.0 Å². The average molecular weight is 469 g/mol. The molecule has 5 nitrogen and oxygen atoms in total. The van der Waals surface area contributed by atoms with Gasteiger partial charge in [0.1, 0.15) is 11.5 Å². The van der Waals surface area contributed by atoms with Crippen LogP contribution in [0.15, 0.2) is 84.1 Å².